The highest BCUT2D eigenvalue weighted by molar-refractivity contribution is 5.72. The van der Waals surface area contributed by atoms with Gasteiger partial charge in [0.25, 0.3) is 0 Å². The molecule has 1 aromatic rings. The molecule has 1 aliphatic rings. The Hall–Kier alpha value is -1.35. The highest BCUT2D eigenvalue weighted by Crippen LogP contribution is 2.20. The Balaban J connectivity index is 1.72. The van der Waals surface area contributed by atoms with Gasteiger partial charge in [-0.25, -0.2) is 0 Å². The molecule has 1 heterocycles. The predicted octanol–water partition coefficient (Wildman–Crippen LogP) is 3.10. The zero-order valence-corrected chi connectivity index (χ0v) is 12.5. The lowest BCUT2D eigenvalue weighted by Gasteiger charge is -2.19. The van der Waals surface area contributed by atoms with Gasteiger partial charge >= 0.3 is 5.97 Å². The third kappa shape index (κ3) is 4.34. The monoisotopic (exact) mass is 275 g/mol. The lowest BCUT2D eigenvalue weighted by Crippen LogP contribution is -2.31. The summed E-state index contributed by atoms with van der Waals surface area (Å²) in [5.74, 6) is 0.672. The Bertz CT molecular complexity index is 418. The number of likely N-dealkylation sites (tertiary alicyclic amines) is 1. The van der Waals surface area contributed by atoms with Crippen LogP contribution in [0.15, 0.2) is 30.3 Å². The van der Waals surface area contributed by atoms with Gasteiger partial charge in [-0.1, -0.05) is 50.6 Å². The molecule has 0 N–H and O–H groups in total. The molecule has 1 aromatic carbocycles. The molecule has 0 amide bonds. The zero-order valence-electron chi connectivity index (χ0n) is 12.5. The van der Waals surface area contributed by atoms with Gasteiger partial charge in [0.05, 0.1) is 5.92 Å². The molecule has 3 nitrogen and oxygen atoms in total. The second-order valence-electron chi connectivity index (χ2n) is 5.82. The molecule has 3 heteroatoms. The Kier molecular flexibility index (Phi) is 5.60. The number of ether oxygens (including phenoxy) is 1. The van der Waals surface area contributed by atoms with E-state index in [-0.39, 0.29) is 11.9 Å². The van der Waals surface area contributed by atoms with Crippen molar-refractivity contribution in [2.24, 2.45) is 11.8 Å². The summed E-state index contributed by atoms with van der Waals surface area (Å²) in [6, 6.07) is 9.84. The fourth-order valence-corrected chi connectivity index (χ4v) is 2.74. The van der Waals surface area contributed by atoms with Gasteiger partial charge < -0.3 is 9.64 Å². The van der Waals surface area contributed by atoms with E-state index in [4.69, 9.17) is 4.74 Å². The highest BCUT2D eigenvalue weighted by atomic mass is 16.5. The first-order valence-electron chi connectivity index (χ1n) is 7.62. The van der Waals surface area contributed by atoms with Crippen LogP contribution in [0.2, 0.25) is 0 Å². The van der Waals surface area contributed by atoms with Crippen LogP contribution in [-0.2, 0) is 16.1 Å². The topological polar surface area (TPSA) is 29.5 Å². The summed E-state index contributed by atoms with van der Waals surface area (Å²) < 4.78 is 5.39. The summed E-state index contributed by atoms with van der Waals surface area (Å²) in [7, 11) is 0. The lowest BCUT2D eigenvalue weighted by molar-refractivity contribution is -0.149. The summed E-state index contributed by atoms with van der Waals surface area (Å²) >= 11 is 0. The van der Waals surface area contributed by atoms with Gasteiger partial charge in [0.2, 0.25) is 0 Å². The van der Waals surface area contributed by atoms with Gasteiger partial charge in [-0.3, -0.25) is 4.79 Å². The SMILES string of the molecule is CCC1CCN(CC(C)C(=O)OCc2ccccc2)C1. The van der Waals surface area contributed by atoms with Crippen molar-refractivity contribution in [2.45, 2.75) is 33.3 Å². The van der Waals surface area contributed by atoms with Crippen molar-refractivity contribution in [3.8, 4) is 0 Å². The summed E-state index contributed by atoms with van der Waals surface area (Å²) in [5, 5.41) is 0. The third-order valence-electron chi connectivity index (χ3n) is 4.11. The number of carbonyl (C=O) groups is 1. The number of benzene rings is 1. The quantitative estimate of drug-likeness (QED) is 0.747. The number of rotatable bonds is 6. The van der Waals surface area contributed by atoms with Gasteiger partial charge in [-0.15, -0.1) is 0 Å². The minimum absolute atomic E-state index is 0.0469. The zero-order chi connectivity index (χ0) is 14.4. The van der Waals surface area contributed by atoms with Crippen LogP contribution in [0.3, 0.4) is 0 Å². The average molecular weight is 275 g/mol. The van der Waals surface area contributed by atoms with Crippen molar-refractivity contribution in [1.29, 1.82) is 0 Å². The maximum absolute atomic E-state index is 12.0. The number of esters is 1. The van der Waals surface area contributed by atoms with Gasteiger partial charge in [0.1, 0.15) is 6.61 Å². The smallest absolute Gasteiger partial charge is 0.310 e. The van der Waals surface area contributed by atoms with Crippen LogP contribution in [0.1, 0.15) is 32.3 Å². The van der Waals surface area contributed by atoms with E-state index in [0.29, 0.717) is 6.61 Å². The number of nitrogens with zero attached hydrogens (tertiary/aromatic N) is 1. The van der Waals surface area contributed by atoms with Crippen molar-refractivity contribution >= 4 is 5.97 Å². The van der Waals surface area contributed by atoms with Gasteiger partial charge in [-0.05, 0) is 24.4 Å². The number of hydrogen-bond acceptors (Lipinski definition) is 3. The average Bonchev–Trinajstić information content (AvgIpc) is 2.93. The van der Waals surface area contributed by atoms with Crippen LogP contribution in [-0.4, -0.2) is 30.5 Å². The summed E-state index contributed by atoms with van der Waals surface area (Å²) in [6.45, 7) is 7.66. The molecule has 0 radical (unpaired) electrons. The van der Waals surface area contributed by atoms with E-state index >= 15 is 0 Å². The third-order valence-corrected chi connectivity index (χ3v) is 4.11. The van der Waals surface area contributed by atoms with Gasteiger partial charge in [0, 0.05) is 13.1 Å². The van der Waals surface area contributed by atoms with Crippen molar-refractivity contribution in [3.63, 3.8) is 0 Å². The fraction of sp³-hybridized carbons (Fsp3) is 0.588. The standard InChI is InChI=1S/C17H25NO2/c1-3-15-9-10-18(12-15)11-14(2)17(19)20-13-16-7-5-4-6-8-16/h4-8,14-15H,3,9-13H2,1-2H3. The predicted molar refractivity (Wildman–Crippen MR) is 80.2 cm³/mol. The minimum Gasteiger partial charge on any atom is -0.461 e. The molecule has 2 rings (SSSR count). The van der Waals surface area contributed by atoms with E-state index in [1.165, 1.54) is 12.8 Å². The van der Waals surface area contributed by atoms with E-state index in [0.717, 1.165) is 31.1 Å². The van der Waals surface area contributed by atoms with Crippen molar-refractivity contribution in [3.05, 3.63) is 35.9 Å². The summed E-state index contributed by atoms with van der Waals surface area (Å²) in [6.07, 6.45) is 2.51. The Morgan fingerprint density at radius 2 is 2.15 bits per heavy atom. The van der Waals surface area contributed by atoms with Crippen LogP contribution < -0.4 is 0 Å². The van der Waals surface area contributed by atoms with Crippen molar-refractivity contribution in [2.75, 3.05) is 19.6 Å². The van der Waals surface area contributed by atoms with E-state index in [1.807, 2.05) is 37.3 Å². The molecule has 1 aliphatic heterocycles. The number of carbonyl (C=O) groups excluding carboxylic acids is 1. The van der Waals surface area contributed by atoms with Crippen molar-refractivity contribution in [1.82, 2.24) is 4.90 Å². The highest BCUT2D eigenvalue weighted by Gasteiger charge is 2.25. The molecule has 1 fully saturated rings. The van der Waals surface area contributed by atoms with E-state index in [2.05, 4.69) is 11.8 Å². The molecular formula is C17H25NO2. The molecule has 0 bridgehead atoms. The second-order valence-corrected chi connectivity index (χ2v) is 5.82. The van der Waals surface area contributed by atoms with Crippen molar-refractivity contribution < 1.29 is 9.53 Å². The van der Waals surface area contributed by atoms with Gasteiger partial charge in [-0.2, -0.15) is 0 Å². The molecule has 0 aliphatic carbocycles. The second kappa shape index (κ2) is 7.44. The number of hydrogen-bond donors (Lipinski definition) is 0. The molecule has 20 heavy (non-hydrogen) atoms. The normalized spacial score (nSPS) is 20.8. The molecule has 110 valence electrons. The maximum atomic E-state index is 12.0. The van der Waals surface area contributed by atoms with Gasteiger partial charge in [0.15, 0.2) is 0 Å². The van der Waals surface area contributed by atoms with Crippen LogP contribution in [0.5, 0.6) is 0 Å². The van der Waals surface area contributed by atoms with E-state index in [9.17, 15) is 4.79 Å². The van der Waals surface area contributed by atoms with Crippen LogP contribution in [0.25, 0.3) is 0 Å². The Morgan fingerprint density at radius 1 is 1.40 bits per heavy atom. The first kappa shape index (κ1) is 15.0. The maximum Gasteiger partial charge on any atom is 0.310 e. The molecule has 1 saturated heterocycles. The summed E-state index contributed by atoms with van der Waals surface area (Å²) in [5.41, 5.74) is 1.04. The molecule has 0 spiro atoms. The van der Waals surface area contributed by atoms with Crippen LogP contribution in [0, 0.1) is 11.8 Å². The molecular weight excluding hydrogens is 250 g/mol. The van der Waals surface area contributed by atoms with Crippen LogP contribution >= 0.6 is 0 Å². The van der Waals surface area contributed by atoms with Crippen LogP contribution in [0.4, 0.5) is 0 Å². The van der Waals surface area contributed by atoms with E-state index < -0.39 is 0 Å². The molecule has 2 unspecified atom stereocenters. The minimum atomic E-state index is -0.0891. The Labute approximate surface area is 121 Å². The fourth-order valence-electron chi connectivity index (χ4n) is 2.74. The first-order chi connectivity index (χ1) is 9.69. The molecule has 0 saturated carbocycles. The summed E-state index contributed by atoms with van der Waals surface area (Å²) in [4.78, 5) is 14.4. The molecule has 2 atom stereocenters. The lowest BCUT2D eigenvalue weighted by atomic mass is 10.1. The largest absolute Gasteiger partial charge is 0.461 e. The van der Waals surface area contributed by atoms with E-state index in [1.54, 1.807) is 0 Å². The first-order valence-corrected chi connectivity index (χ1v) is 7.62. The Morgan fingerprint density at radius 3 is 2.80 bits per heavy atom. The molecule has 0 aromatic heterocycles.